The van der Waals surface area contributed by atoms with Crippen LogP contribution in [0, 0.1) is 0 Å². The minimum atomic E-state index is -0.898. The van der Waals surface area contributed by atoms with Gasteiger partial charge in [-0.3, -0.25) is 0 Å². The van der Waals surface area contributed by atoms with Crippen LogP contribution < -0.4 is 10.2 Å². The molecule has 87 heavy (non-hydrogen) atoms. The molecule has 0 aromatic heterocycles. The van der Waals surface area contributed by atoms with Crippen LogP contribution in [0.2, 0.25) is 0 Å². The van der Waals surface area contributed by atoms with Crippen molar-refractivity contribution >= 4 is 49.7 Å². The number of aliphatic carboxylic acids is 2. The summed E-state index contributed by atoms with van der Waals surface area (Å²) in [4.78, 5) is 26.8. The van der Waals surface area contributed by atoms with Crippen LogP contribution >= 0.6 is 0 Å². The molecule has 0 radical (unpaired) electrons. The molecule has 0 amide bonds. The molecule has 0 unspecified atom stereocenters. The summed E-state index contributed by atoms with van der Waals surface area (Å²) in [5.74, 6) is -1.80. The Kier molecular flexibility index (Phi) is 88.3. The zero-order valence-corrected chi connectivity index (χ0v) is 62.8. The smallest absolute Gasteiger partial charge is 0.550 e. The van der Waals surface area contributed by atoms with Crippen LogP contribution in [0.5, 0.6) is 0 Å². The topological polar surface area (TPSA) is 86.7 Å². The van der Waals surface area contributed by atoms with Gasteiger partial charge in [-0.25, -0.2) is 0 Å². The Hall–Kier alpha value is 0.120. The van der Waals surface area contributed by atoms with Crippen molar-refractivity contribution in [2.24, 2.45) is 0 Å². The van der Waals surface area contributed by atoms with Crippen LogP contribution in [0.25, 0.3) is 0 Å². The quantitative estimate of drug-likeness (QED) is 0.0445. The molecule has 6 nitrogen and oxygen atoms in total. The van der Waals surface area contributed by atoms with Crippen molar-refractivity contribution < 1.29 is 19.8 Å². The zero-order valence-electron chi connectivity index (χ0n) is 60.6. The first-order valence-corrected chi connectivity index (χ1v) is 40.2. The SMILES string of the molecule is CCCCCCCCCCCCCCCCCCN(CCCCCCCCCCCCCCCCCC)CCCC(=O)[O-].CCCCCCCCCCCCCCCCCCN(CCCCCCCCCCCCCCCCCC)CCCC(=O)[O-].[Ca+2]. The van der Waals surface area contributed by atoms with Gasteiger partial charge in [-0.2, -0.15) is 0 Å². The molecule has 0 saturated heterocycles. The molecule has 0 aromatic carbocycles. The van der Waals surface area contributed by atoms with E-state index in [9.17, 15) is 19.8 Å². The summed E-state index contributed by atoms with van der Waals surface area (Å²) < 4.78 is 0. The van der Waals surface area contributed by atoms with E-state index < -0.39 is 11.9 Å². The summed E-state index contributed by atoms with van der Waals surface area (Å²) in [5, 5.41) is 21.8. The van der Waals surface area contributed by atoms with E-state index in [2.05, 4.69) is 37.5 Å². The van der Waals surface area contributed by atoms with Gasteiger partial charge in [0.15, 0.2) is 0 Å². The van der Waals surface area contributed by atoms with Crippen molar-refractivity contribution in [3.8, 4) is 0 Å². The Morgan fingerprint density at radius 1 is 0.184 bits per heavy atom. The predicted octanol–water partition coefficient (Wildman–Crippen LogP) is 24.3. The van der Waals surface area contributed by atoms with E-state index in [0.717, 1.165) is 52.1 Å². The fourth-order valence-corrected chi connectivity index (χ4v) is 13.1. The van der Waals surface area contributed by atoms with Gasteiger partial charge >= 0.3 is 37.7 Å². The Labute approximate surface area is 578 Å². The number of rotatable bonds is 76. The number of carbonyl (C=O) groups is 2. The maximum Gasteiger partial charge on any atom is 2.00 e. The molecule has 0 fully saturated rings. The summed E-state index contributed by atoms with van der Waals surface area (Å²) in [6.45, 7) is 15.6. The Bertz CT molecular complexity index is 1070. The number of unbranched alkanes of at least 4 members (excludes halogenated alkanes) is 60. The van der Waals surface area contributed by atoms with E-state index in [0.29, 0.717) is 0 Å². The second-order valence-corrected chi connectivity index (χ2v) is 27.8. The van der Waals surface area contributed by atoms with Crippen molar-refractivity contribution in [3.63, 3.8) is 0 Å². The summed E-state index contributed by atoms with van der Waals surface area (Å²) in [5.41, 5.74) is 0. The Morgan fingerprint density at radius 2 is 0.287 bits per heavy atom. The van der Waals surface area contributed by atoms with Gasteiger partial charge < -0.3 is 29.6 Å². The molecule has 0 aliphatic rings. The van der Waals surface area contributed by atoms with Crippen LogP contribution in [-0.2, 0) is 9.59 Å². The zero-order chi connectivity index (χ0) is 62.6. The molecular formula is C80H160CaN2O4. The predicted molar refractivity (Wildman–Crippen MR) is 385 cm³/mol. The second kappa shape index (κ2) is 84.1. The fraction of sp³-hybridized carbons (Fsp3) is 0.975. The van der Waals surface area contributed by atoms with E-state index >= 15 is 0 Å². The maximum absolute atomic E-state index is 10.9. The average molecular weight is 1250 g/mol. The van der Waals surface area contributed by atoms with Gasteiger partial charge in [-0.1, -0.05) is 413 Å². The van der Waals surface area contributed by atoms with Crippen molar-refractivity contribution in [1.82, 2.24) is 9.80 Å². The van der Waals surface area contributed by atoms with Crippen molar-refractivity contribution in [1.29, 1.82) is 0 Å². The molecule has 0 saturated carbocycles. The largest absolute Gasteiger partial charge is 2.00 e. The minimum absolute atomic E-state index is 0. The Balaban J connectivity index is -0.00000160. The van der Waals surface area contributed by atoms with Gasteiger partial charge in [0.05, 0.1) is 0 Å². The van der Waals surface area contributed by atoms with Crippen molar-refractivity contribution in [2.45, 2.75) is 464 Å². The van der Waals surface area contributed by atoms with Gasteiger partial charge in [0.25, 0.3) is 0 Å². The third-order valence-corrected chi connectivity index (χ3v) is 19.0. The summed E-state index contributed by atoms with van der Waals surface area (Å²) in [6, 6.07) is 0. The molecule has 0 aromatic rings. The number of carbonyl (C=O) groups excluding carboxylic acids is 2. The monoisotopic (exact) mass is 1250 g/mol. The Morgan fingerprint density at radius 3 is 0.402 bits per heavy atom. The van der Waals surface area contributed by atoms with Crippen molar-refractivity contribution in [2.75, 3.05) is 39.3 Å². The standard InChI is InChI=1S/2C40H81NO2.Ca/c2*1-3-5-7-9-11-13-15-17-19-21-23-25-27-29-31-33-37-41(39-35-36-40(42)43)38-34-32-30-28-26-24-22-20-18-16-14-12-10-8-6-4-2;/h2*3-39H2,1-2H3,(H,42,43);/q;;+2/p-2. The summed E-state index contributed by atoms with van der Waals surface area (Å²) in [6.07, 6.45) is 91.9. The summed E-state index contributed by atoms with van der Waals surface area (Å²) in [7, 11) is 0. The van der Waals surface area contributed by atoms with Gasteiger partial charge in [0.2, 0.25) is 0 Å². The molecule has 7 heteroatoms. The van der Waals surface area contributed by atoms with Gasteiger partial charge in [0, 0.05) is 11.9 Å². The molecule has 0 atom stereocenters. The molecule has 0 aliphatic heterocycles. The number of carboxylic acid groups (broad SMARTS) is 2. The first-order chi connectivity index (χ1) is 42.4. The van der Waals surface area contributed by atoms with Crippen molar-refractivity contribution in [3.05, 3.63) is 0 Å². The first-order valence-electron chi connectivity index (χ1n) is 40.2. The van der Waals surface area contributed by atoms with E-state index in [1.165, 1.54) is 411 Å². The van der Waals surface area contributed by atoms with E-state index in [4.69, 9.17) is 0 Å². The molecule has 0 spiro atoms. The minimum Gasteiger partial charge on any atom is -0.550 e. The number of hydrogen-bond donors (Lipinski definition) is 0. The third-order valence-electron chi connectivity index (χ3n) is 19.0. The first kappa shape index (κ1) is 91.3. The molecule has 516 valence electrons. The van der Waals surface area contributed by atoms with Crippen LogP contribution in [0.1, 0.15) is 464 Å². The van der Waals surface area contributed by atoms with E-state index in [-0.39, 0.29) is 50.6 Å². The molecule has 0 bridgehead atoms. The van der Waals surface area contributed by atoms with E-state index in [1.54, 1.807) is 0 Å². The maximum atomic E-state index is 10.9. The average Bonchev–Trinajstić information content (AvgIpc) is 3.51. The van der Waals surface area contributed by atoms with Gasteiger partial charge in [-0.05, 0) is 90.6 Å². The molecule has 0 rings (SSSR count). The van der Waals surface area contributed by atoms with Crippen LogP contribution in [0.15, 0.2) is 0 Å². The second-order valence-electron chi connectivity index (χ2n) is 27.8. The van der Waals surface area contributed by atoms with Crippen LogP contribution in [0.3, 0.4) is 0 Å². The van der Waals surface area contributed by atoms with Gasteiger partial charge in [0.1, 0.15) is 0 Å². The molecule has 0 aliphatic carbocycles. The third kappa shape index (κ3) is 86.1. The summed E-state index contributed by atoms with van der Waals surface area (Å²) >= 11 is 0. The normalized spacial score (nSPS) is 11.5. The fourth-order valence-electron chi connectivity index (χ4n) is 13.1. The van der Waals surface area contributed by atoms with Crippen LogP contribution in [-0.4, -0.2) is 98.7 Å². The van der Waals surface area contributed by atoms with Gasteiger partial charge in [-0.15, -0.1) is 0 Å². The number of carboxylic acids is 2. The van der Waals surface area contributed by atoms with E-state index in [1.807, 2.05) is 0 Å². The number of nitrogens with zero attached hydrogens (tertiary/aromatic N) is 2. The molecule has 0 N–H and O–H groups in total. The van der Waals surface area contributed by atoms with Crippen LogP contribution in [0.4, 0.5) is 0 Å². The molecule has 0 heterocycles. The molecular weight excluding hydrogens is 1090 g/mol. The number of hydrogen-bond acceptors (Lipinski definition) is 6.